The predicted molar refractivity (Wildman–Crippen MR) is 84.4 cm³/mol. The summed E-state index contributed by atoms with van der Waals surface area (Å²) in [5.41, 5.74) is 0.614. The van der Waals surface area contributed by atoms with Crippen LogP contribution in [0.3, 0.4) is 0 Å². The molecule has 0 aliphatic rings. The lowest BCUT2D eigenvalue weighted by atomic mass is 9.82. The van der Waals surface area contributed by atoms with E-state index < -0.39 is 0 Å². The van der Waals surface area contributed by atoms with E-state index in [1.54, 1.807) is 6.07 Å². The van der Waals surface area contributed by atoms with Gasteiger partial charge in [-0.05, 0) is 24.3 Å². The molecule has 0 saturated heterocycles. The lowest BCUT2D eigenvalue weighted by molar-refractivity contribution is 0.0937. The van der Waals surface area contributed by atoms with Crippen LogP contribution in [-0.4, -0.2) is 24.0 Å². The molecule has 1 unspecified atom stereocenters. The van der Waals surface area contributed by atoms with Crippen LogP contribution in [0.2, 0.25) is 5.02 Å². The zero-order chi connectivity index (χ0) is 15.3. The van der Waals surface area contributed by atoms with Crippen molar-refractivity contribution in [3.8, 4) is 0 Å². The number of carbonyl (C=O) groups is 1. The average Bonchev–Trinajstić information content (AvgIpc) is 2.37. The Labute approximate surface area is 126 Å². The number of pyridine rings is 1. The second-order valence-electron chi connectivity index (χ2n) is 6.06. The molecule has 0 saturated carbocycles. The first-order chi connectivity index (χ1) is 9.25. The fourth-order valence-electron chi connectivity index (χ4n) is 1.54. The Kier molecular flexibility index (Phi) is 5.81. The molecule has 4 nitrogen and oxygen atoms in total. The van der Waals surface area contributed by atoms with Crippen molar-refractivity contribution in [1.82, 2.24) is 10.3 Å². The summed E-state index contributed by atoms with van der Waals surface area (Å²) in [6.45, 7) is 11.9. The summed E-state index contributed by atoms with van der Waals surface area (Å²) in [5, 5.41) is 6.37. The molecule has 1 atom stereocenters. The van der Waals surface area contributed by atoms with E-state index in [2.05, 4.69) is 43.3 Å². The number of carbonyl (C=O) groups excluding carboxylic acids is 1. The fraction of sp³-hybridized carbons (Fsp3) is 0.600. The molecule has 1 rings (SSSR count). The second-order valence-corrected chi connectivity index (χ2v) is 6.46. The summed E-state index contributed by atoms with van der Waals surface area (Å²) in [6.07, 6.45) is 1.50. The van der Waals surface area contributed by atoms with Crippen molar-refractivity contribution < 1.29 is 4.79 Å². The zero-order valence-electron chi connectivity index (χ0n) is 12.9. The molecule has 20 heavy (non-hydrogen) atoms. The highest BCUT2D eigenvalue weighted by Crippen LogP contribution is 2.24. The fourth-order valence-corrected chi connectivity index (χ4v) is 1.73. The number of rotatable bonds is 5. The van der Waals surface area contributed by atoms with Gasteiger partial charge in [0.2, 0.25) is 0 Å². The third-order valence-electron chi connectivity index (χ3n) is 3.51. The monoisotopic (exact) mass is 297 g/mol. The second kappa shape index (κ2) is 6.93. The molecule has 5 heteroatoms. The maximum Gasteiger partial charge on any atom is 0.253 e. The number of nitrogens with zero attached hydrogens (tertiary/aromatic N) is 1. The van der Waals surface area contributed by atoms with Gasteiger partial charge in [-0.3, -0.25) is 4.79 Å². The normalized spacial score (nSPS) is 12.9. The third kappa shape index (κ3) is 4.67. The van der Waals surface area contributed by atoms with Crippen molar-refractivity contribution in [1.29, 1.82) is 0 Å². The molecule has 1 heterocycles. The van der Waals surface area contributed by atoms with E-state index in [1.807, 2.05) is 6.92 Å². The molecule has 1 amide bonds. The van der Waals surface area contributed by atoms with Crippen LogP contribution in [0, 0.1) is 11.3 Å². The minimum atomic E-state index is -0.160. The van der Waals surface area contributed by atoms with Gasteiger partial charge in [0.15, 0.2) is 0 Å². The molecule has 0 bridgehead atoms. The molecular weight excluding hydrogens is 274 g/mol. The third-order valence-corrected chi connectivity index (χ3v) is 3.81. The molecular formula is C15H24ClN3O. The van der Waals surface area contributed by atoms with Gasteiger partial charge in [-0.2, -0.15) is 0 Å². The van der Waals surface area contributed by atoms with Crippen LogP contribution in [0.4, 0.5) is 5.82 Å². The maximum atomic E-state index is 12.2. The summed E-state index contributed by atoms with van der Waals surface area (Å²) in [7, 11) is 0. The van der Waals surface area contributed by atoms with Gasteiger partial charge in [-0.25, -0.2) is 4.98 Å². The van der Waals surface area contributed by atoms with Gasteiger partial charge >= 0.3 is 0 Å². The number of anilines is 1. The summed E-state index contributed by atoms with van der Waals surface area (Å²) < 4.78 is 0. The summed E-state index contributed by atoms with van der Waals surface area (Å²) in [6, 6.07) is 1.68. The van der Waals surface area contributed by atoms with Crippen LogP contribution >= 0.6 is 11.6 Å². The van der Waals surface area contributed by atoms with Crippen molar-refractivity contribution in [3.63, 3.8) is 0 Å². The summed E-state index contributed by atoms with van der Waals surface area (Å²) >= 11 is 6.05. The van der Waals surface area contributed by atoms with Crippen LogP contribution in [0.1, 0.15) is 45.0 Å². The van der Waals surface area contributed by atoms with Crippen molar-refractivity contribution in [2.45, 2.75) is 34.6 Å². The van der Waals surface area contributed by atoms with Gasteiger partial charge in [0.05, 0.1) is 10.6 Å². The molecule has 2 N–H and O–H groups in total. The largest absolute Gasteiger partial charge is 0.370 e. The van der Waals surface area contributed by atoms with Gasteiger partial charge < -0.3 is 10.6 Å². The van der Waals surface area contributed by atoms with Crippen molar-refractivity contribution in [3.05, 3.63) is 22.8 Å². The molecule has 0 aliphatic heterocycles. The van der Waals surface area contributed by atoms with Crippen LogP contribution in [0.5, 0.6) is 0 Å². The predicted octanol–water partition coefficient (Wildman–Crippen LogP) is 3.58. The van der Waals surface area contributed by atoms with E-state index in [-0.39, 0.29) is 11.3 Å². The minimum Gasteiger partial charge on any atom is -0.370 e. The number of nitrogens with one attached hydrogen (secondary N) is 2. The first kappa shape index (κ1) is 16.8. The van der Waals surface area contributed by atoms with E-state index in [0.29, 0.717) is 28.9 Å². The molecule has 0 aliphatic carbocycles. The van der Waals surface area contributed by atoms with Crippen LogP contribution in [-0.2, 0) is 0 Å². The SMILES string of the molecule is CCNc1cc(C(=O)NCC(C)C(C)(C)C)c(Cl)cn1. The smallest absolute Gasteiger partial charge is 0.253 e. The van der Waals surface area contributed by atoms with Gasteiger partial charge in [-0.15, -0.1) is 0 Å². The number of hydrogen-bond donors (Lipinski definition) is 2. The Bertz CT molecular complexity index is 469. The Balaban J connectivity index is 2.74. The average molecular weight is 298 g/mol. The molecule has 0 radical (unpaired) electrons. The molecule has 0 spiro atoms. The summed E-state index contributed by atoms with van der Waals surface area (Å²) in [4.78, 5) is 16.3. The van der Waals surface area contributed by atoms with Gasteiger partial charge in [0, 0.05) is 19.3 Å². The number of amides is 1. The molecule has 112 valence electrons. The number of aromatic nitrogens is 1. The number of halogens is 1. The molecule has 1 aromatic rings. The Morgan fingerprint density at radius 2 is 2.10 bits per heavy atom. The minimum absolute atomic E-state index is 0.157. The van der Waals surface area contributed by atoms with Crippen molar-refractivity contribution in [2.24, 2.45) is 11.3 Å². The van der Waals surface area contributed by atoms with E-state index in [1.165, 1.54) is 6.20 Å². The zero-order valence-corrected chi connectivity index (χ0v) is 13.6. The molecule has 0 fully saturated rings. The van der Waals surface area contributed by atoms with Crippen LogP contribution in [0.15, 0.2) is 12.3 Å². The van der Waals surface area contributed by atoms with Crippen LogP contribution in [0.25, 0.3) is 0 Å². The van der Waals surface area contributed by atoms with E-state index in [0.717, 1.165) is 6.54 Å². The highest BCUT2D eigenvalue weighted by Gasteiger charge is 2.21. The van der Waals surface area contributed by atoms with Gasteiger partial charge in [0.25, 0.3) is 5.91 Å². The first-order valence-corrected chi connectivity index (χ1v) is 7.31. The Morgan fingerprint density at radius 1 is 1.45 bits per heavy atom. The van der Waals surface area contributed by atoms with Crippen molar-refractivity contribution >= 4 is 23.3 Å². The topological polar surface area (TPSA) is 54.0 Å². The highest BCUT2D eigenvalue weighted by molar-refractivity contribution is 6.33. The lowest BCUT2D eigenvalue weighted by Crippen LogP contribution is -2.33. The molecule has 1 aromatic heterocycles. The lowest BCUT2D eigenvalue weighted by Gasteiger charge is -2.27. The van der Waals surface area contributed by atoms with Crippen molar-refractivity contribution in [2.75, 3.05) is 18.4 Å². The first-order valence-electron chi connectivity index (χ1n) is 6.93. The maximum absolute atomic E-state index is 12.2. The van der Waals surface area contributed by atoms with E-state index >= 15 is 0 Å². The molecule has 0 aromatic carbocycles. The highest BCUT2D eigenvalue weighted by atomic mass is 35.5. The van der Waals surface area contributed by atoms with Gasteiger partial charge in [0.1, 0.15) is 5.82 Å². The Hall–Kier alpha value is -1.29. The number of hydrogen-bond acceptors (Lipinski definition) is 3. The standard InChI is InChI=1S/C15H24ClN3O/c1-6-17-13-7-11(12(16)9-18-13)14(20)19-8-10(2)15(3,4)5/h7,9-10H,6,8H2,1-5H3,(H,17,18)(H,19,20). The quantitative estimate of drug-likeness (QED) is 0.873. The van der Waals surface area contributed by atoms with Gasteiger partial charge in [-0.1, -0.05) is 39.3 Å². The Morgan fingerprint density at radius 3 is 2.65 bits per heavy atom. The van der Waals surface area contributed by atoms with E-state index in [4.69, 9.17) is 11.6 Å². The van der Waals surface area contributed by atoms with E-state index in [9.17, 15) is 4.79 Å². The summed E-state index contributed by atoms with van der Waals surface area (Å²) in [5.74, 6) is 0.874. The van der Waals surface area contributed by atoms with Crippen LogP contribution < -0.4 is 10.6 Å².